The molecule has 1 unspecified atom stereocenters. The Morgan fingerprint density at radius 1 is 1.27 bits per heavy atom. The molecular formula is C14H13FN6O. The Hall–Kier alpha value is -2.87. The van der Waals surface area contributed by atoms with Gasteiger partial charge < -0.3 is 5.11 Å². The van der Waals surface area contributed by atoms with Crippen LogP contribution in [-0.2, 0) is 6.42 Å². The first-order chi connectivity index (χ1) is 10.7. The number of halogens is 1. The van der Waals surface area contributed by atoms with E-state index in [2.05, 4.69) is 30.8 Å². The summed E-state index contributed by atoms with van der Waals surface area (Å²) in [5.74, 6) is -0.0739. The number of hydrogen-bond donors (Lipinski definition) is 3. The molecule has 0 saturated carbocycles. The molecular weight excluding hydrogens is 287 g/mol. The zero-order valence-electron chi connectivity index (χ0n) is 11.4. The summed E-state index contributed by atoms with van der Waals surface area (Å²) in [5, 5.41) is 29.8. The summed E-state index contributed by atoms with van der Waals surface area (Å²) in [7, 11) is 0. The first kappa shape index (κ1) is 14.1. The molecule has 3 N–H and O–H groups in total. The SMILES string of the molecule is OC(C=Cc1[nH]ncc1Cc1ccc(F)cc1)c1nn[nH]n1. The number of aromatic nitrogens is 6. The van der Waals surface area contributed by atoms with Crippen LogP contribution in [0, 0.1) is 5.82 Å². The molecule has 112 valence electrons. The van der Waals surface area contributed by atoms with Crippen LogP contribution in [0.1, 0.15) is 28.7 Å². The largest absolute Gasteiger partial charge is 0.381 e. The van der Waals surface area contributed by atoms with E-state index in [0.29, 0.717) is 6.42 Å². The Balaban J connectivity index is 1.73. The van der Waals surface area contributed by atoms with Crippen molar-refractivity contribution in [1.82, 2.24) is 30.8 Å². The summed E-state index contributed by atoms with van der Waals surface area (Å²) in [6.45, 7) is 0. The Labute approximate surface area is 124 Å². The van der Waals surface area contributed by atoms with Crippen molar-refractivity contribution >= 4 is 6.08 Å². The third-order valence-electron chi connectivity index (χ3n) is 3.13. The fourth-order valence-corrected chi connectivity index (χ4v) is 2.00. The lowest BCUT2D eigenvalue weighted by atomic mass is 10.1. The van der Waals surface area contributed by atoms with Gasteiger partial charge in [0.25, 0.3) is 0 Å². The molecule has 0 aliphatic carbocycles. The average molecular weight is 300 g/mol. The fourth-order valence-electron chi connectivity index (χ4n) is 2.00. The monoisotopic (exact) mass is 300 g/mol. The highest BCUT2D eigenvalue weighted by Crippen LogP contribution is 2.16. The van der Waals surface area contributed by atoms with Crippen LogP contribution in [0.3, 0.4) is 0 Å². The van der Waals surface area contributed by atoms with Crippen LogP contribution in [0.25, 0.3) is 6.08 Å². The molecule has 0 amide bonds. The Kier molecular flexibility index (Phi) is 4.01. The third-order valence-corrected chi connectivity index (χ3v) is 3.13. The molecule has 7 nitrogen and oxygen atoms in total. The molecule has 3 rings (SSSR count). The lowest BCUT2D eigenvalue weighted by molar-refractivity contribution is 0.219. The smallest absolute Gasteiger partial charge is 0.206 e. The van der Waals surface area contributed by atoms with E-state index in [0.717, 1.165) is 16.8 Å². The lowest BCUT2D eigenvalue weighted by Gasteiger charge is -2.01. The maximum atomic E-state index is 12.9. The summed E-state index contributed by atoms with van der Waals surface area (Å²) in [6, 6.07) is 6.30. The van der Waals surface area contributed by atoms with E-state index >= 15 is 0 Å². The number of aromatic amines is 2. The molecule has 0 aliphatic heterocycles. The molecule has 2 aromatic heterocycles. The number of nitrogens with one attached hydrogen (secondary N) is 2. The van der Waals surface area contributed by atoms with Crippen molar-refractivity contribution in [2.24, 2.45) is 0 Å². The molecule has 1 atom stereocenters. The van der Waals surface area contributed by atoms with Crippen molar-refractivity contribution in [3.05, 3.63) is 65.0 Å². The van der Waals surface area contributed by atoms with Gasteiger partial charge in [-0.25, -0.2) is 4.39 Å². The summed E-state index contributed by atoms with van der Waals surface area (Å²) >= 11 is 0. The Morgan fingerprint density at radius 3 is 2.82 bits per heavy atom. The van der Waals surface area contributed by atoms with Gasteiger partial charge in [0.1, 0.15) is 11.9 Å². The summed E-state index contributed by atoms with van der Waals surface area (Å²) in [4.78, 5) is 0. The van der Waals surface area contributed by atoms with Gasteiger partial charge in [-0.05, 0) is 29.8 Å². The molecule has 8 heteroatoms. The van der Waals surface area contributed by atoms with Crippen molar-refractivity contribution in [3.63, 3.8) is 0 Å². The molecule has 2 heterocycles. The average Bonchev–Trinajstić information content (AvgIpc) is 3.19. The lowest BCUT2D eigenvalue weighted by Crippen LogP contribution is -1.96. The van der Waals surface area contributed by atoms with Gasteiger partial charge in [0.2, 0.25) is 5.82 Å². The highest BCUT2D eigenvalue weighted by atomic mass is 19.1. The molecule has 1 aromatic carbocycles. The van der Waals surface area contributed by atoms with Gasteiger partial charge >= 0.3 is 0 Å². The van der Waals surface area contributed by atoms with Gasteiger partial charge in [-0.15, -0.1) is 10.2 Å². The summed E-state index contributed by atoms with van der Waals surface area (Å²) in [6.07, 6.45) is 4.58. The normalized spacial score (nSPS) is 12.8. The molecule has 0 spiro atoms. The van der Waals surface area contributed by atoms with Crippen LogP contribution >= 0.6 is 0 Å². The Bertz CT molecular complexity index is 750. The van der Waals surface area contributed by atoms with Crippen LogP contribution in [0.15, 0.2) is 36.5 Å². The predicted octanol–water partition coefficient (Wildman–Crippen LogP) is 1.40. The van der Waals surface area contributed by atoms with E-state index in [1.807, 2.05) is 0 Å². The Morgan fingerprint density at radius 2 is 2.09 bits per heavy atom. The number of aliphatic hydroxyl groups is 1. The number of H-pyrrole nitrogens is 2. The number of tetrazole rings is 1. The maximum Gasteiger partial charge on any atom is 0.206 e. The third kappa shape index (κ3) is 3.23. The number of rotatable bonds is 5. The minimum atomic E-state index is -0.958. The number of hydrogen-bond acceptors (Lipinski definition) is 5. The molecule has 3 aromatic rings. The first-order valence-corrected chi connectivity index (χ1v) is 6.58. The summed E-state index contributed by atoms with van der Waals surface area (Å²) in [5.41, 5.74) is 2.66. The second kappa shape index (κ2) is 6.27. The molecule has 0 bridgehead atoms. The second-order valence-electron chi connectivity index (χ2n) is 4.69. The van der Waals surface area contributed by atoms with Crippen LogP contribution < -0.4 is 0 Å². The number of aliphatic hydroxyl groups excluding tert-OH is 1. The van der Waals surface area contributed by atoms with E-state index in [9.17, 15) is 9.50 Å². The standard InChI is InChI=1S/C14H13FN6O/c15-11-3-1-9(2-4-11)7-10-8-16-17-12(10)5-6-13(22)14-18-20-21-19-14/h1-6,8,13,22H,7H2,(H,16,17)(H,18,19,20,21). The van der Waals surface area contributed by atoms with Gasteiger partial charge in [0.15, 0.2) is 0 Å². The summed E-state index contributed by atoms with van der Waals surface area (Å²) < 4.78 is 12.9. The highest BCUT2D eigenvalue weighted by Gasteiger charge is 2.09. The van der Waals surface area contributed by atoms with Crippen LogP contribution in [-0.4, -0.2) is 35.9 Å². The van der Waals surface area contributed by atoms with Gasteiger partial charge in [-0.1, -0.05) is 17.3 Å². The number of nitrogens with zero attached hydrogens (tertiary/aromatic N) is 4. The second-order valence-corrected chi connectivity index (χ2v) is 4.69. The van der Waals surface area contributed by atoms with Crippen molar-refractivity contribution in [3.8, 4) is 0 Å². The minimum Gasteiger partial charge on any atom is -0.381 e. The van der Waals surface area contributed by atoms with Crippen molar-refractivity contribution in [2.75, 3.05) is 0 Å². The molecule has 0 fully saturated rings. The van der Waals surface area contributed by atoms with Crippen molar-refractivity contribution in [2.45, 2.75) is 12.5 Å². The van der Waals surface area contributed by atoms with Gasteiger partial charge in [0, 0.05) is 12.0 Å². The van der Waals surface area contributed by atoms with E-state index in [1.165, 1.54) is 18.2 Å². The molecule has 0 radical (unpaired) electrons. The molecule has 0 aliphatic rings. The van der Waals surface area contributed by atoms with E-state index in [-0.39, 0.29) is 11.6 Å². The topological polar surface area (TPSA) is 103 Å². The van der Waals surface area contributed by atoms with Gasteiger partial charge in [-0.3, -0.25) is 5.10 Å². The van der Waals surface area contributed by atoms with Crippen molar-refractivity contribution < 1.29 is 9.50 Å². The minimum absolute atomic E-state index is 0.191. The van der Waals surface area contributed by atoms with E-state index in [4.69, 9.17) is 0 Å². The van der Waals surface area contributed by atoms with Crippen LogP contribution in [0.4, 0.5) is 4.39 Å². The molecule has 0 saturated heterocycles. The quantitative estimate of drug-likeness (QED) is 0.661. The van der Waals surface area contributed by atoms with Crippen LogP contribution in [0.2, 0.25) is 0 Å². The zero-order chi connectivity index (χ0) is 15.4. The zero-order valence-corrected chi connectivity index (χ0v) is 11.4. The molecule has 22 heavy (non-hydrogen) atoms. The van der Waals surface area contributed by atoms with Gasteiger partial charge in [0.05, 0.1) is 11.9 Å². The fraction of sp³-hybridized carbons (Fsp3) is 0.143. The van der Waals surface area contributed by atoms with Gasteiger partial charge in [-0.2, -0.15) is 10.3 Å². The van der Waals surface area contributed by atoms with E-state index in [1.54, 1.807) is 24.4 Å². The van der Waals surface area contributed by atoms with E-state index < -0.39 is 6.10 Å². The predicted molar refractivity (Wildman–Crippen MR) is 76.0 cm³/mol. The van der Waals surface area contributed by atoms with Crippen molar-refractivity contribution in [1.29, 1.82) is 0 Å². The first-order valence-electron chi connectivity index (χ1n) is 6.58. The number of benzene rings is 1. The van der Waals surface area contributed by atoms with Crippen LogP contribution in [0.5, 0.6) is 0 Å². The maximum absolute atomic E-state index is 12.9. The highest BCUT2D eigenvalue weighted by molar-refractivity contribution is 5.50.